The average Bonchev–Trinajstić information content (AvgIpc) is 2.49. The molecule has 1 N–H and O–H groups in total. The second kappa shape index (κ2) is 2.82. The van der Waals surface area contributed by atoms with Crippen molar-refractivity contribution in [1.29, 1.82) is 0 Å². The summed E-state index contributed by atoms with van der Waals surface area (Å²) in [6, 6.07) is 0. The first kappa shape index (κ1) is 7.67. The van der Waals surface area contributed by atoms with Crippen LogP contribution in [0.4, 0.5) is 0 Å². The maximum absolute atomic E-state index is 4.26. The van der Waals surface area contributed by atoms with Crippen LogP contribution in [0.2, 0.25) is 0 Å². The highest BCUT2D eigenvalue weighted by molar-refractivity contribution is 9.10. The van der Waals surface area contributed by atoms with Gasteiger partial charge in [-0.1, -0.05) is 6.92 Å². The molecule has 0 aliphatic heterocycles. The van der Waals surface area contributed by atoms with Crippen molar-refractivity contribution in [2.45, 2.75) is 13.3 Å². The van der Waals surface area contributed by atoms with Crippen molar-refractivity contribution < 1.29 is 0 Å². The minimum atomic E-state index is 0.716. The lowest BCUT2D eigenvalue weighted by molar-refractivity contribution is 0.997. The zero-order chi connectivity index (χ0) is 8.55. The first-order chi connectivity index (χ1) is 5.81. The third kappa shape index (κ3) is 1.10. The molecule has 0 unspecified atom stereocenters. The number of aromatic nitrogens is 4. The number of fused-ring (bicyclic) bond motifs is 1. The fourth-order valence-corrected chi connectivity index (χ4v) is 1.38. The lowest BCUT2D eigenvalue weighted by atomic mass is 10.5. The van der Waals surface area contributed by atoms with Gasteiger partial charge in [0.1, 0.15) is 22.3 Å². The van der Waals surface area contributed by atoms with Gasteiger partial charge < -0.3 is 4.98 Å². The SMILES string of the molecule is CCc1nc2ncnc(Br)c2[nH]1. The molecule has 2 rings (SSSR count). The first-order valence-electron chi connectivity index (χ1n) is 3.66. The van der Waals surface area contributed by atoms with Gasteiger partial charge in [0.15, 0.2) is 5.65 Å². The van der Waals surface area contributed by atoms with Crippen LogP contribution >= 0.6 is 15.9 Å². The Hall–Kier alpha value is -0.970. The van der Waals surface area contributed by atoms with Crippen molar-refractivity contribution in [2.24, 2.45) is 0 Å². The number of nitrogens with zero attached hydrogens (tertiary/aromatic N) is 3. The Morgan fingerprint density at radius 1 is 1.50 bits per heavy atom. The monoisotopic (exact) mass is 226 g/mol. The molecule has 2 aromatic rings. The van der Waals surface area contributed by atoms with Crippen LogP contribution < -0.4 is 0 Å². The van der Waals surface area contributed by atoms with E-state index < -0.39 is 0 Å². The molecule has 2 heterocycles. The fourth-order valence-electron chi connectivity index (χ4n) is 1.02. The predicted molar refractivity (Wildman–Crippen MR) is 48.8 cm³/mol. The summed E-state index contributed by atoms with van der Waals surface area (Å²) in [6.45, 7) is 2.04. The van der Waals surface area contributed by atoms with Crippen LogP contribution in [-0.4, -0.2) is 19.9 Å². The van der Waals surface area contributed by atoms with Gasteiger partial charge in [-0.2, -0.15) is 0 Å². The molecule has 0 aliphatic carbocycles. The van der Waals surface area contributed by atoms with E-state index >= 15 is 0 Å². The second-order valence-electron chi connectivity index (χ2n) is 2.40. The van der Waals surface area contributed by atoms with E-state index in [9.17, 15) is 0 Å². The van der Waals surface area contributed by atoms with Gasteiger partial charge in [-0.15, -0.1) is 0 Å². The van der Waals surface area contributed by atoms with Gasteiger partial charge in [-0.3, -0.25) is 0 Å². The minimum Gasteiger partial charge on any atom is -0.338 e. The van der Waals surface area contributed by atoms with E-state index in [0.717, 1.165) is 22.4 Å². The first-order valence-corrected chi connectivity index (χ1v) is 4.45. The lowest BCUT2D eigenvalue weighted by Gasteiger charge is -1.87. The van der Waals surface area contributed by atoms with Gasteiger partial charge >= 0.3 is 0 Å². The Labute approximate surface area is 77.6 Å². The summed E-state index contributed by atoms with van der Waals surface area (Å²) >= 11 is 3.32. The van der Waals surface area contributed by atoms with Crippen LogP contribution in [0, 0.1) is 0 Å². The number of hydrogen-bond donors (Lipinski definition) is 1. The molecule has 0 bridgehead atoms. The molecular formula is C7H7BrN4. The molecule has 0 aromatic carbocycles. The molecule has 0 fully saturated rings. The molecule has 0 radical (unpaired) electrons. The minimum absolute atomic E-state index is 0.716. The molecule has 5 heteroatoms. The summed E-state index contributed by atoms with van der Waals surface area (Å²) in [6.07, 6.45) is 2.37. The molecule has 0 spiro atoms. The van der Waals surface area contributed by atoms with Gasteiger partial charge in [0, 0.05) is 6.42 Å². The summed E-state index contributed by atoms with van der Waals surface area (Å²) in [5, 5.41) is 0. The van der Waals surface area contributed by atoms with E-state index in [2.05, 4.69) is 35.9 Å². The van der Waals surface area contributed by atoms with Crippen LogP contribution in [0.15, 0.2) is 10.9 Å². The topological polar surface area (TPSA) is 54.5 Å². The van der Waals surface area contributed by atoms with Crippen molar-refractivity contribution in [3.05, 3.63) is 16.8 Å². The van der Waals surface area contributed by atoms with E-state index in [1.807, 2.05) is 6.92 Å². The zero-order valence-electron chi connectivity index (χ0n) is 6.50. The van der Waals surface area contributed by atoms with E-state index in [-0.39, 0.29) is 0 Å². The van der Waals surface area contributed by atoms with Gasteiger partial charge in [0.05, 0.1) is 0 Å². The quantitative estimate of drug-likeness (QED) is 0.754. The third-order valence-electron chi connectivity index (χ3n) is 1.63. The molecule has 0 aliphatic rings. The maximum atomic E-state index is 4.26. The van der Waals surface area contributed by atoms with Crippen LogP contribution in [0.3, 0.4) is 0 Å². The molecule has 0 amide bonds. The molecule has 0 atom stereocenters. The van der Waals surface area contributed by atoms with Crippen molar-refractivity contribution >= 4 is 27.1 Å². The average molecular weight is 227 g/mol. The third-order valence-corrected chi connectivity index (χ3v) is 2.23. The number of imidazole rings is 1. The Kier molecular flexibility index (Phi) is 1.80. The Morgan fingerprint density at radius 2 is 2.33 bits per heavy atom. The largest absolute Gasteiger partial charge is 0.338 e. The number of hydrogen-bond acceptors (Lipinski definition) is 3. The van der Waals surface area contributed by atoms with E-state index in [1.165, 1.54) is 6.33 Å². The fraction of sp³-hybridized carbons (Fsp3) is 0.286. The Bertz CT molecular complexity index is 409. The molecule has 12 heavy (non-hydrogen) atoms. The van der Waals surface area contributed by atoms with Gasteiger partial charge in [-0.25, -0.2) is 15.0 Å². The number of rotatable bonds is 1. The van der Waals surface area contributed by atoms with Crippen molar-refractivity contribution in [2.75, 3.05) is 0 Å². The standard InChI is InChI=1S/C7H7BrN4/c1-2-4-11-5-6(8)9-3-10-7(5)12-4/h3H,2H2,1H3,(H,9,10,11,12). The van der Waals surface area contributed by atoms with Crippen molar-refractivity contribution in [3.8, 4) is 0 Å². The number of H-pyrrole nitrogens is 1. The normalized spacial score (nSPS) is 10.8. The van der Waals surface area contributed by atoms with Crippen LogP contribution in [-0.2, 0) is 6.42 Å². The number of aromatic amines is 1. The van der Waals surface area contributed by atoms with Crippen LogP contribution in [0.25, 0.3) is 11.2 Å². The number of nitrogens with one attached hydrogen (secondary N) is 1. The van der Waals surface area contributed by atoms with Crippen LogP contribution in [0.5, 0.6) is 0 Å². The van der Waals surface area contributed by atoms with E-state index in [4.69, 9.17) is 0 Å². The summed E-state index contributed by atoms with van der Waals surface area (Å²) < 4.78 is 0.764. The molecule has 4 nitrogen and oxygen atoms in total. The molecule has 0 saturated carbocycles. The highest BCUT2D eigenvalue weighted by Gasteiger charge is 2.05. The second-order valence-corrected chi connectivity index (χ2v) is 3.15. The maximum Gasteiger partial charge on any atom is 0.181 e. The summed E-state index contributed by atoms with van der Waals surface area (Å²) in [5.74, 6) is 0.936. The Morgan fingerprint density at radius 3 is 3.00 bits per heavy atom. The summed E-state index contributed by atoms with van der Waals surface area (Å²) in [7, 11) is 0. The van der Waals surface area contributed by atoms with Crippen molar-refractivity contribution in [1.82, 2.24) is 19.9 Å². The van der Waals surface area contributed by atoms with E-state index in [0.29, 0.717) is 5.65 Å². The predicted octanol–water partition coefficient (Wildman–Crippen LogP) is 1.68. The highest BCUT2D eigenvalue weighted by atomic mass is 79.9. The number of halogens is 1. The van der Waals surface area contributed by atoms with Gasteiger partial charge in [0.25, 0.3) is 0 Å². The summed E-state index contributed by atoms with van der Waals surface area (Å²) in [4.78, 5) is 15.4. The van der Waals surface area contributed by atoms with Crippen molar-refractivity contribution in [3.63, 3.8) is 0 Å². The molecule has 62 valence electrons. The Balaban J connectivity index is 2.74. The molecule has 0 saturated heterocycles. The van der Waals surface area contributed by atoms with E-state index in [1.54, 1.807) is 0 Å². The van der Waals surface area contributed by atoms with Crippen LogP contribution in [0.1, 0.15) is 12.7 Å². The van der Waals surface area contributed by atoms with Gasteiger partial charge in [-0.05, 0) is 15.9 Å². The molecular weight excluding hydrogens is 220 g/mol. The highest BCUT2D eigenvalue weighted by Crippen LogP contribution is 2.16. The number of aryl methyl sites for hydroxylation is 1. The zero-order valence-corrected chi connectivity index (χ0v) is 8.09. The molecule has 2 aromatic heterocycles. The smallest absolute Gasteiger partial charge is 0.181 e. The van der Waals surface area contributed by atoms with Gasteiger partial charge in [0.2, 0.25) is 0 Å². The lowest BCUT2D eigenvalue weighted by Crippen LogP contribution is -1.80. The summed E-state index contributed by atoms with van der Waals surface area (Å²) in [5.41, 5.74) is 1.59.